The lowest BCUT2D eigenvalue weighted by Crippen LogP contribution is -2.23. The molecule has 25 heavy (non-hydrogen) atoms. The minimum absolute atomic E-state index is 0.163. The standard InChI is InChI=1S/C20H20BrN3O/c1-13(2)15-5-3-14(4-6-15)12-22-20(25)19-11-18(23-24-19)16-7-9-17(21)10-8-16/h3-11,13H,12H2,1-2H3,(H,22,25)(H,23,24). The number of carbonyl (C=O) groups excluding carboxylic acids is 1. The molecule has 3 aromatic rings. The molecule has 1 heterocycles. The predicted molar refractivity (Wildman–Crippen MR) is 103 cm³/mol. The second kappa shape index (κ2) is 7.66. The molecule has 0 aliphatic heterocycles. The van der Waals surface area contributed by atoms with Crippen molar-refractivity contribution < 1.29 is 4.79 Å². The third kappa shape index (κ3) is 4.37. The third-order valence-electron chi connectivity index (χ3n) is 4.06. The number of amides is 1. The van der Waals surface area contributed by atoms with Crippen LogP contribution in [0.15, 0.2) is 59.1 Å². The lowest BCUT2D eigenvalue weighted by molar-refractivity contribution is 0.0946. The van der Waals surface area contributed by atoms with Gasteiger partial charge in [0, 0.05) is 16.6 Å². The van der Waals surface area contributed by atoms with E-state index in [2.05, 4.69) is 69.6 Å². The Morgan fingerprint density at radius 1 is 1.12 bits per heavy atom. The van der Waals surface area contributed by atoms with E-state index in [1.165, 1.54) is 5.56 Å². The van der Waals surface area contributed by atoms with E-state index in [-0.39, 0.29) is 5.91 Å². The van der Waals surface area contributed by atoms with Gasteiger partial charge in [-0.05, 0) is 35.2 Å². The van der Waals surface area contributed by atoms with E-state index in [1.807, 2.05) is 24.3 Å². The van der Waals surface area contributed by atoms with E-state index < -0.39 is 0 Å². The number of nitrogens with zero attached hydrogens (tertiary/aromatic N) is 1. The molecule has 0 radical (unpaired) electrons. The lowest BCUT2D eigenvalue weighted by Gasteiger charge is -2.07. The Hall–Kier alpha value is -2.40. The zero-order valence-electron chi connectivity index (χ0n) is 14.2. The van der Waals surface area contributed by atoms with Gasteiger partial charge in [-0.15, -0.1) is 0 Å². The highest BCUT2D eigenvalue weighted by atomic mass is 79.9. The first kappa shape index (κ1) is 17.4. The number of nitrogens with one attached hydrogen (secondary N) is 2. The zero-order valence-corrected chi connectivity index (χ0v) is 15.8. The SMILES string of the molecule is CC(C)c1ccc(CNC(=O)c2cc(-c3ccc(Br)cc3)n[nH]2)cc1. The third-order valence-corrected chi connectivity index (χ3v) is 4.59. The molecule has 2 N–H and O–H groups in total. The number of halogens is 1. The Morgan fingerprint density at radius 3 is 2.44 bits per heavy atom. The fourth-order valence-corrected chi connectivity index (χ4v) is 2.77. The molecule has 4 nitrogen and oxygen atoms in total. The van der Waals surface area contributed by atoms with Crippen molar-refractivity contribution in [3.63, 3.8) is 0 Å². The van der Waals surface area contributed by atoms with Gasteiger partial charge in [0.1, 0.15) is 5.69 Å². The number of aromatic amines is 1. The van der Waals surface area contributed by atoms with E-state index in [4.69, 9.17) is 0 Å². The van der Waals surface area contributed by atoms with Crippen molar-refractivity contribution in [1.82, 2.24) is 15.5 Å². The summed E-state index contributed by atoms with van der Waals surface area (Å²) in [5.41, 5.74) is 4.53. The summed E-state index contributed by atoms with van der Waals surface area (Å²) in [6.45, 7) is 4.82. The normalized spacial score (nSPS) is 10.9. The molecule has 0 saturated heterocycles. The van der Waals surface area contributed by atoms with Crippen molar-refractivity contribution >= 4 is 21.8 Å². The van der Waals surface area contributed by atoms with Crippen molar-refractivity contribution in [2.24, 2.45) is 0 Å². The van der Waals surface area contributed by atoms with Crippen LogP contribution in [0.1, 0.15) is 41.4 Å². The van der Waals surface area contributed by atoms with Gasteiger partial charge in [0.2, 0.25) is 0 Å². The van der Waals surface area contributed by atoms with Gasteiger partial charge in [-0.3, -0.25) is 9.89 Å². The Bertz CT molecular complexity index is 851. The molecule has 2 aromatic carbocycles. The average Bonchev–Trinajstić information content (AvgIpc) is 3.11. The maximum Gasteiger partial charge on any atom is 0.269 e. The quantitative estimate of drug-likeness (QED) is 0.643. The molecule has 5 heteroatoms. The summed E-state index contributed by atoms with van der Waals surface area (Å²) >= 11 is 3.41. The minimum Gasteiger partial charge on any atom is -0.347 e. The van der Waals surface area contributed by atoms with Crippen molar-refractivity contribution in [2.45, 2.75) is 26.3 Å². The van der Waals surface area contributed by atoms with Crippen LogP contribution < -0.4 is 5.32 Å². The van der Waals surface area contributed by atoms with E-state index in [0.717, 1.165) is 21.3 Å². The maximum absolute atomic E-state index is 12.3. The Labute approximate surface area is 155 Å². The number of H-pyrrole nitrogens is 1. The van der Waals surface area contributed by atoms with Gasteiger partial charge >= 0.3 is 0 Å². The zero-order chi connectivity index (χ0) is 17.8. The van der Waals surface area contributed by atoms with Crippen LogP contribution in [0.3, 0.4) is 0 Å². The van der Waals surface area contributed by atoms with Gasteiger partial charge in [0.05, 0.1) is 5.69 Å². The van der Waals surface area contributed by atoms with Gasteiger partial charge in [0.25, 0.3) is 5.91 Å². The number of benzene rings is 2. The summed E-state index contributed by atoms with van der Waals surface area (Å²) in [4.78, 5) is 12.3. The first-order valence-corrected chi connectivity index (χ1v) is 9.00. The Kier molecular flexibility index (Phi) is 5.34. The predicted octanol–water partition coefficient (Wildman–Crippen LogP) is 4.89. The largest absolute Gasteiger partial charge is 0.347 e. The van der Waals surface area contributed by atoms with Crippen LogP contribution >= 0.6 is 15.9 Å². The topological polar surface area (TPSA) is 57.8 Å². The number of carbonyl (C=O) groups is 1. The van der Waals surface area contributed by atoms with Crippen LogP contribution in [0.2, 0.25) is 0 Å². The first-order chi connectivity index (χ1) is 12.0. The van der Waals surface area contributed by atoms with Crippen LogP contribution in [-0.2, 0) is 6.54 Å². The van der Waals surface area contributed by atoms with Gasteiger partial charge in [-0.1, -0.05) is 66.2 Å². The number of rotatable bonds is 5. The minimum atomic E-state index is -0.163. The van der Waals surface area contributed by atoms with Crippen LogP contribution in [0.4, 0.5) is 0 Å². The van der Waals surface area contributed by atoms with Gasteiger partial charge < -0.3 is 5.32 Å². The molecule has 1 amide bonds. The molecule has 0 aliphatic rings. The molecule has 0 atom stereocenters. The maximum atomic E-state index is 12.3. The van der Waals surface area contributed by atoms with E-state index in [9.17, 15) is 4.79 Å². The molecule has 0 saturated carbocycles. The summed E-state index contributed by atoms with van der Waals surface area (Å²) in [6, 6.07) is 17.9. The smallest absolute Gasteiger partial charge is 0.269 e. The fraction of sp³-hybridized carbons (Fsp3) is 0.200. The molecule has 0 spiro atoms. The molecule has 0 unspecified atom stereocenters. The van der Waals surface area contributed by atoms with Crippen molar-refractivity contribution in [3.05, 3.63) is 75.9 Å². The van der Waals surface area contributed by atoms with E-state index in [1.54, 1.807) is 6.07 Å². The van der Waals surface area contributed by atoms with Crippen molar-refractivity contribution in [2.75, 3.05) is 0 Å². The second-order valence-corrected chi connectivity index (χ2v) is 7.17. The molecule has 0 aliphatic carbocycles. The molecular weight excluding hydrogens is 378 g/mol. The molecule has 1 aromatic heterocycles. The first-order valence-electron chi connectivity index (χ1n) is 8.21. The summed E-state index contributed by atoms with van der Waals surface area (Å²) in [5, 5.41) is 9.95. The van der Waals surface area contributed by atoms with Crippen LogP contribution in [0, 0.1) is 0 Å². The average molecular weight is 398 g/mol. The van der Waals surface area contributed by atoms with Gasteiger partial charge in [-0.2, -0.15) is 5.10 Å². The van der Waals surface area contributed by atoms with Crippen LogP contribution in [0.5, 0.6) is 0 Å². The second-order valence-electron chi connectivity index (χ2n) is 6.25. The van der Waals surface area contributed by atoms with Crippen molar-refractivity contribution in [1.29, 1.82) is 0 Å². The highest BCUT2D eigenvalue weighted by Crippen LogP contribution is 2.20. The Balaban J connectivity index is 1.63. The van der Waals surface area contributed by atoms with Crippen molar-refractivity contribution in [3.8, 4) is 11.3 Å². The van der Waals surface area contributed by atoms with Gasteiger partial charge in [-0.25, -0.2) is 0 Å². The fourth-order valence-electron chi connectivity index (χ4n) is 2.50. The van der Waals surface area contributed by atoms with Crippen LogP contribution in [0.25, 0.3) is 11.3 Å². The molecular formula is C20H20BrN3O. The molecule has 0 bridgehead atoms. The number of hydrogen-bond donors (Lipinski definition) is 2. The summed E-state index contributed by atoms with van der Waals surface area (Å²) in [7, 11) is 0. The highest BCUT2D eigenvalue weighted by Gasteiger charge is 2.11. The summed E-state index contributed by atoms with van der Waals surface area (Å²) in [5.74, 6) is 0.342. The summed E-state index contributed by atoms with van der Waals surface area (Å²) in [6.07, 6.45) is 0. The number of hydrogen-bond acceptors (Lipinski definition) is 2. The summed E-state index contributed by atoms with van der Waals surface area (Å²) < 4.78 is 1.01. The Morgan fingerprint density at radius 2 is 1.80 bits per heavy atom. The van der Waals surface area contributed by atoms with Crippen LogP contribution in [-0.4, -0.2) is 16.1 Å². The highest BCUT2D eigenvalue weighted by molar-refractivity contribution is 9.10. The molecule has 128 valence electrons. The van der Waals surface area contributed by atoms with E-state index in [0.29, 0.717) is 18.2 Å². The number of aromatic nitrogens is 2. The lowest BCUT2D eigenvalue weighted by atomic mass is 10.0. The monoisotopic (exact) mass is 397 g/mol. The molecule has 0 fully saturated rings. The van der Waals surface area contributed by atoms with Gasteiger partial charge in [0.15, 0.2) is 0 Å². The molecule has 3 rings (SSSR count). The van der Waals surface area contributed by atoms with E-state index >= 15 is 0 Å².